The third-order valence-corrected chi connectivity index (χ3v) is 2.81. The summed E-state index contributed by atoms with van der Waals surface area (Å²) in [7, 11) is 0. The second kappa shape index (κ2) is 5.47. The minimum Gasteiger partial charge on any atom is -0.443 e. The molecule has 0 N–H and O–H groups in total. The van der Waals surface area contributed by atoms with Gasteiger partial charge in [-0.2, -0.15) is 0 Å². The molecule has 0 saturated carbocycles. The van der Waals surface area contributed by atoms with Crippen molar-refractivity contribution in [1.29, 1.82) is 0 Å². The Labute approximate surface area is 114 Å². The number of hydrogen-bond donors (Lipinski definition) is 0. The molecule has 5 heteroatoms. The molecule has 0 spiro atoms. The second-order valence-electron chi connectivity index (χ2n) is 5.62. The van der Waals surface area contributed by atoms with Crippen LogP contribution in [-0.2, 0) is 4.74 Å². The molecular weight excluding hydrogens is 242 g/mol. The first kappa shape index (κ1) is 13.6. The van der Waals surface area contributed by atoms with Crippen LogP contribution in [0.3, 0.4) is 0 Å². The highest BCUT2D eigenvalue weighted by Crippen LogP contribution is 2.22. The van der Waals surface area contributed by atoms with Gasteiger partial charge in [0.05, 0.1) is 6.54 Å². The first-order valence-electron chi connectivity index (χ1n) is 6.63. The molecule has 2 rings (SSSR count). The Hall–Kier alpha value is -1.78. The molecule has 0 fully saturated rings. The maximum atomic E-state index is 12.2. The Morgan fingerprint density at radius 1 is 1.42 bits per heavy atom. The van der Waals surface area contributed by atoms with Gasteiger partial charge >= 0.3 is 6.09 Å². The monoisotopic (exact) mass is 263 g/mol. The number of rotatable bonds is 1. The van der Waals surface area contributed by atoms with E-state index in [1.54, 1.807) is 11.1 Å². The standard InChI is InChI=1S/C14H21N3O2/c1-14(2,3)19-13(18)17-9-5-4-6-12(17)16-10-7-15-8-11-16/h6-8,10H,4-5,9,11H2,1-3H3. The van der Waals surface area contributed by atoms with Gasteiger partial charge in [-0.3, -0.25) is 9.89 Å². The number of aliphatic imine (C=N–C) groups is 1. The van der Waals surface area contributed by atoms with Crippen molar-refractivity contribution < 1.29 is 9.53 Å². The number of carbonyl (C=O) groups excluding carboxylic acids is 1. The van der Waals surface area contributed by atoms with Crippen molar-refractivity contribution in [3.05, 3.63) is 24.3 Å². The van der Waals surface area contributed by atoms with Crippen molar-refractivity contribution in [1.82, 2.24) is 9.80 Å². The zero-order valence-corrected chi connectivity index (χ0v) is 11.8. The highest BCUT2D eigenvalue weighted by Gasteiger charge is 2.28. The summed E-state index contributed by atoms with van der Waals surface area (Å²) >= 11 is 0. The summed E-state index contributed by atoms with van der Waals surface area (Å²) in [5.74, 6) is 0.892. The maximum absolute atomic E-state index is 12.2. The first-order valence-corrected chi connectivity index (χ1v) is 6.63. The molecule has 2 heterocycles. The molecule has 1 amide bonds. The lowest BCUT2D eigenvalue weighted by Crippen LogP contribution is -2.43. The van der Waals surface area contributed by atoms with Crippen molar-refractivity contribution in [3.8, 4) is 0 Å². The highest BCUT2D eigenvalue weighted by atomic mass is 16.6. The van der Waals surface area contributed by atoms with E-state index in [1.807, 2.05) is 38.1 Å². The topological polar surface area (TPSA) is 45.1 Å². The van der Waals surface area contributed by atoms with Crippen molar-refractivity contribution >= 4 is 12.3 Å². The maximum Gasteiger partial charge on any atom is 0.415 e. The predicted molar refractivity (Wildman–Crippen MR) is 74.6 cm³/mol. The SMILES string of the molecule is CC(C)(C)OC(=O)N1CCCC=C1N1C=CN=CC1. The van der Waals surface area contributed by atoms with Gasteiger partial charge in [0, 0.05) is 25.2 Å². The van der Waals surface area contributed by atoms with E-state index in [1.165, 1.54) is 0 Å². The average molecular weight is 263 g/mol. The molecule has 5 nitrogen and oxygen atoms in total. The Kier molecular flexibility index (Phi) is 3.93. The molecule has 0 bridgehead atoms. The van der Waals surface area contributed by atoms with E-state index in [0.717, 1.165) is 18.7 Å². The second-order valence-corrected chi connectivity index (χ2v) is 5.62. The lowest BCUT2D eigenvalue weighted by Gasteiger charge is -2.36. The molecule has 2 aliphatic heterocycles. The number of allylic oxidation sites excluding steroid dienone is 1. The Morgan fingerprint density at radius 2 is 2.21 bits per heavy atom. The van der Waals surface area contributed by atoms with Gasteiger partial charge in [0.25, 0.3) is 0 Å². The quantitative estimate of drug-likeness (QED) is 0.730. The van der Waals surface area contributed by atoms with E-state index >= 15 is 0 Å². The van der Waals surface area contributed by atoms with E-state index in [2.05, 4.69) is 11.1 Å². The van der Waals surface area contributed by atoms with Gasteiger partial charge in [-0.05, 0) is 39.7 Å². The molecule has 19 heavy (non-hydrogen) atoms. The molecule has 0 radical (unpaired) electrons. The smallest absolute Gasteiger partial charge is 0.415 e. The van der Waals surface area contributed by atoms with Gasteiger partial charge in [0.1, 0.15) is 11.4 Å². The highest BCUT2D eigenvalue weighted by molar-refractivity contribution is 5.71. The number of nitrogens with zero attached hydrogens (tertiary/aromatic N) is 3. The zero-order valence-electron chi connectivity index (χ0n) is 11.8. The largest absolute Gasteiger partial charge is 0.443 e. The Bertz CT molecular complexity index is 432. The third kappa shape index (κ3) is 3.59. The van der Waals surface area contributed by atoms with Gasteiger partial charge in [-0.1, -0.05) is 0 Å². The van der Waals surface area contributed by atoms with E-state index < -0.39 is 5.60 Å². The van der Waals surface area contributed by atoms with Crippen LogP contribution in [0.2, 0.25) is 0 Å². The molecule has 0 aromatic heterocycles. The molecular formula is C14H21N3O2. The average Bonchev–Trinajstić information content (AvgIpc) is 2.38. The normalized spacial score (nSPS) is 19.4. The summed E-state index contributed by atoms with van der Waals surface area (Å²) < 4.78 is 5.46. The predicted octanol–water partition coefficient (Wildman–Crippen LogP) is 2.72. The molecule has 104 valence electrons. The van der Waals surface area contributed by atoms with Crippen LogP contribution in [0.4, 0.5) is 4.79 Å². The van der Waals surface area contributed by atoms with Crippen LogP contribution in [0.1, 0.15) is 33.6 Å². The van der Waals surface area contributed by atoms with E-state index in [0.29, 0.717) is 13.1 Å². The molecule has 0 aliphatic carbocycles. The van der Waals surface area contributed by atoms with Gasteiger partial charge in [0.15, 0.2) is 0 Å². The zero-order chi connectivity index (χ0) is 13.9. The van der Waals surface area contributed by atoms with E-state index in [9.17, 15) is 4.79 Å². The first-order chi connectivity index (χ1) is 8.97. The Balaban J connectivity index is 2.12. The van der Waals surface area contributed by atoms with Crippen LogP contribution in [0.15, 0.2) is 29.3 Å². The summed E-state index contributed by atoms with van der Waals surface area (Å²) in [5, 5.41) is 0. The summed E-state index contributed by atoms with van der Waals surface area (Å²) in [4.78, 5) is 20.0. The fourth-order valence-corrected chi connectivity index (χ4v) is 2.03. The molecule has 0 unspecified atom stereocenters. The molecule has 0 aromatic carbocycles. The van der Waals surface area contributed by atoms with Crippen LogP contribution in [-0.4, -0.2) is 40.8 Å². The van der Waals surface area contributed by atoms with Gasteiger partial charge in [-0.25, -0.2) is 4.79 Å². The van der Waals surface area contributed by atoms with Crippen molar-refractivity contribution in [2.75, 3.05) is 13.1 Å². The number of carbonyl (C=O) groups is 1. The van der Waals surface area contributed by atoms with Crippen molar-refractivity contribution in [2.45, 2.75) is 39.2 Å². The fraction of sp³-hybridized carbons (Fsp3) is 0.571. The van der Waals surface area contributed by atoms with E-state index in [-0.39, 0.29) is 6.09 Å². The molecule has 2 aliphatic rings. The third-order valence-electron chi connectivity index (χ3n) is 2.81. The number of ether oxygens (including phenoxy) is 1. The van der Waals surface area contributed by atoms with Crippen LogP contribution in [0.5, 0.6) is 0 Å². The lowest BCUT2D eigenvalue weighted by atomic mass is 10.2. The summed E-state index contributed by atoms with van der Waals surface area (Å²) in [5.41, 5.74) is -0.473. The van der Waals surface area contributed by atoms with Gasteiger partial charge in [-0.15, -0.1) is 0 Å². The molecule has 0 saturated heterocycles. The summed E-state index contributed by atoms with van der Waals surface area (Å²) in [6, 6.07) is 0. The molecule has 0 aromatic rings. The lowest BCUT2D eigenvalue weighted by molar-refractivity contribution is 0.0259. The minimum absolute atomic E-state index is 0.283. The van der Waals surface area contributed by atoms with E-state index in [4.69, 9.17) is 4.74 Å². The minimum atomic E-state index is -0.473. The number of hydrogen-bond acceptors (Lipinski definition) is 4. The molecule has 0 atom stereocenters. The van der Waals surface area contributed by atoms with Gasteiger partial charge in [0.2, 0.25) is 0 Å². The van der Waals surface area contributed by atoms with Crippen molar-refractivity contribution in [2.24, 2.45) is 4.99 Å². The van der Waals surface area contributed by atoms with Crippen LogP contribution in [0.25, 0.3) is 0 Å². The van der Waals surface area contributed by atoms with Gasteiger partial charge < -0.3 is 9.64 Å². The number of amides is 1. The fourth-order valence-electron chi connectivity index (χ4n) is 2.03. The summed E-state index contributed by atoms with van der Waals surface area (Å²) in [6.45, 7) is 7.02. The van der Waals surface area contributed by atoms with Crippen molar-refractivity contribution in [3.63, 3.8) is 0 Å². The van der Waals surface area contributed by atoms with Crippen LogP contribution >= 0.6 is 0 Å². The van der Waals surface area contributed by atoms with Crippen LogP contribution in [0, 0.1) is 0 Å². The Morgan fingerprint density at radius 3 is 2.84 bits per heavy atom. The van der Waals surface area contributed by atoms with Crippen LogP contribution < -0.4 is 0 Å². The summed E-state index contributed by atoms with van der Waals surface area (Å²) in [6.07, 6.45) is 9.18.